The molecule has 6 heteroatoms. The normalized spacial score (nSPS) is 22.3. The number of nitrogens with zero attached hydrogens (tertiary/aromatic N) is 3. The highest BCUT2D eigenvalue weighted by Crippen LogP contribution is 2.20. The van der Waals surface area contributed by atoms with Crippen molar-refractivity contribution in [1.29, 1.82) is 0 Å². The first kappa shape index (κ1) is 20.9. The Bertz CT molecular complexity index is 612. The Morgan fingerprint density at radius 3 is 2.68 bits per heavy atom. The first-order valence-corrected chi connectivity index (χ1v) is 10.8. The van der Waals surface area contributed by atoms with Crippen LogP contribution in [-0.4, -0.2) is 75.9 Å². The lowest BCUT2D eigenvalue weighted by atomic mass is 10.1. The van der Waals surface area contributed by atoms with E-state index in [-0.39, 0.29) is 0 Å². The monoisotopic (exact) mass is 387 g/mol. The molecule has 6 nitrogen and oxygen atoms in total. The summed E-state index contributed by atoms with van der Waals surface area (Å²) in [6, 6.07) is 9.28. The fourth-order valence-corrected chi connectivity index (χ4v) is 3.91. The summed E-state index contributed by atoms with van der Waals surface area (Å²) in [6.45, 7) is 15.3. The maximum absolute atomic E-state index is 5.44. The second-order valence-electron chi connectivity index (χ2n) is 8.15. The van der Waals surface area contributed by atoms with E-state index in [4.69, 9.17) is 9.73 Å². The fraction of sp³-hybridized carbons (Fsp3) is 0.682. The van der Waals surface area contributed by atoms with Gasteiger partial charge in [-0.25, -0.2) is 0 Å². The van der Waals surface area contributed by atoms with Crippen LogP contribution in [0.4, 0.5) is 5.69 Å². The Hall–Kier alpha value is -1.79. The minimum Gasteiger partial charge on any atom is -0.379 e. The Kier molecular flexibility index (Phi) is 7.98. The second kappa shape index (κ2) is 10.7. The average molecular weight is 388 g/mol. The van der Waals surface area contributed by atoms with Crippen LogP contribution in [0.25, 0.3) is 0 Å². The molecule has 2 N–H and O–H groups in total. The van der Waals surface area contributed by atoms with Gasteiger partial charge < -0.3 is 20.3 Å². The van der Waals surface area contributed by atoms with Gasteiger partial charge in [0.05, 0.1) is 13.2 Å². The number of rotatable bonds is 7. The summed E-state index contributed by atoms with van der Waals surface area (Å²) in [4.78, 5) is 9.82. The van der Waals surface area contributed by atoms with Crippen molar-refractivity contribution in [1.82, 2.24) is 15.5 Å². The van der Waals surface area contributed by atoms with Gasteiger partial charge in [-0.15, -0.1) is 0 Å². The molecule has 2 aliphatic heterocycles. The molecule has 1 aromatic rings. The molecule has 28 heavy (non-hydrogen) atoms. The molecule has 0 spiro atoms. The van der Waals surface area contributed by atoms with Crippen molar-refractivity contribution in [2.75, 3.05) is 63.9 Å². The van der Waals surface area contributed by atoms with Crippen LogP contribution in [-0.2, 0) is 4.74 Å². The van der Waals surface area contributed by atoms with Gasteiger partial charge >= 0.3 is 0 Å². The Balaban J connectivity index is 1.48. The summed E-state index contributed by atoms with van der Waals surface area (Å²) in [5, 5.41) is 7.07. The lowest BCUT2D eigenvalue weighted by molar-refractivity contribution is 0.0323. The molecule has 2 heterocycles. The van der Waals surface area contributed by atoms with Gasteiger partial charge in [0.2, 0.25) is 0 Å². The maximum atomic E-state index is 5.44. The zero-order valence-corrected chi connectivity index (χ0v) is 17.8. The fourth-order valence-electron chi connectivity index (χ4n) is 3.91. The molecule has 0 bridgehead atoms. The quantitative estimate of drug-likeness (QED) is 0.554. The lowest BCUT2D eigenvalue weighted by Gasteiger charge is -2.28. The SMILES string of the molecule is CCNC(=NCC(C)CN1CCOCC1)NC1CCN(c2ccc(C)cc2)C1. The molecule has 0 saturated carbocycles. The molecular weight excluding hydrogens is 350 g/mol. The highest BCUT2D eigenvalue weighted by atomic mass is 16.5. The third kappa shape index (κ3) is 6.38. The predicted molar refractivity (Wildman–Crippen MR) is 117 cm³/mol. The van der Waals surface area contributed by atoms with E-state index in [0.717, 1.165) is 71.4 Å². The van der Waals surface area contributed by atoms with Gasteiger partial charge in [0.1, 0.15) is 0 Å². The van der Waals surface area contributed by atoms with Crippen molar-refractivity contribution in [3.05, 3.63) is 29.8 Å². The van der Waals surface area contributed by atoms with Crippen LogP contribution in [0.3, 0.4) is 0 Å². The molecule has 2 unspecified atom stereocenters. The number of hydrogen-bond donors (Lipinski definition) is 2. The number of aliphatic imine (C=N–C) groups is 1. The van der Waals surface area contributed by atoms with Crippen LogP contribution in [0.1, 0.15) is 25.8 Å². The van der Waals surface area contributed by atoms with E-state index in [1.165, 1.54) is 11.3 Å². The van der Waals surface area contributed by atoms with E-state index in [2.05, 4.69) is 65.5 Å². The topological polar surface area (TPSA) is 52.1 Å². The third-order valence-electron chi connectivity index (χ3n) is 5.51. The average Bonchev–Trinajstić information content (AvgIpc) is 3.16. The van der Waals surface area contributed by atoms with Crippen LogP contribution in [0.5, 0.6) is 0 Å². The summed E-state index contributed by atoms with van der Waals surface area (Å²) in [7, 11) is 0. The maximum Gasteiger partial charge on any atom is 0.191 e. The molecule has 1 aromatic carbocycles. The van der Waals surface area contributed by atoms with Crippen LogP contribution >= 0.6 is 0 Å². The predicted octanol–water partition coefficient (Wildman–Crippen LogP) is 2.10. The van der Waals surface area contributed by atoms with Gasteiger partial charge in [0.15, 0.2) is 5.96 Å². The van der Waals surface area contributed by atoms with E-state index in [0.29, 0.717) is 12.0 Å². The van der Waals surface area contributed by atoms with Crippen molar-refractivity contribution < 1.29 is 4.74 Å². The number of guanidine groups is 1. The van der Waals surface area contributed by atoms with Crippen LogP contribution in [0.2, 0.25) is 0 Å². The summed E-state index contributed by atoms with van der Waals surface area (Å²) < 4.78 is 5.44. The molecule has 2 atom stereocenters. The van der Waals surface area contributed by atoms with Crippen molar-refractivity contribution in [3.8, 4) is 0 Å². The van der Waals surface area contributed by atoms with E-state index >= 15 is 0 Å². The third-order valence-corrected chi connectivity index (χ3v) is 5.51. The molecule has 0 aliphatic carbocycles. The number of aryl methyl sites for hydroxylation is 1. The molecule has 2 fully saturated rings. The van der Waals surface area contributed by atoms with Crippen molar-refractivity contribution in [2.24, 2.45) is 10.9 Å². The molecular formula is C22H37N5O. The van der Waals surface area contributed by atoms with Crippen molar-refractivity contribution >= 4 is 11.6 Å². The van der Waals surface area contributed by atoms with Gasteiger partial charge in [-0.2, -0.15) is 0 Å². The van der Waals surface area contributed by atoms with Gasteiger partial charge in [-0.3, -0.25) is 9.89 Å². The van der Waals surface area contributed by atoms with Crippen LogP contribution < -0.4 is 15.5 Å². The number of nitrogens with one attached hydrogen (secondary N) is 2. The molecule has 2 aliphatic rings. The highest BCUT2D eigenvalue weighted by Gasteiger charge is 2.23. The lowest BCUT2D eigenvalue weighted by Crippen LogP contribution is -2.45. The van der Waals surface area contributed by atoms with E-state index in [1.807, 2.05) is 0 Å². The van der Waals surface area contributed by atoms with Gasteiger partial charge in [-0.05, 0) is 38.3 Å². The number of anilines is 1. The van der Waals surface area contributed by atoms with E-state index in [1.54, 1.807) is 0 Å². The number of morpholine rings is 1. The van der Waals surface area contributed by atoms with Crippen molar-refractivity contribution in [2.45, 2.75) is 33.2 Å². The minimum atomic E-state index is 0.439. The minimum absolute atomic E-state index is 0.439. The van der Waals surface area contributed by atoms with Crippen LogP contribution in [0.15, 0.2) is 29.3 Å². The molecule has 2 saturated heterocycles. The Labute approximate surface area is 170 Å². The highest BCUT2D eigenvalue weighted by molar-refractivity contribution is 5.80. The summed E-state index contributed by atoms with van der Waals surface area (Å²) in [6.07, 6.45) is 1.14. The summed E-state index contributed by atoms with van der Waals surface area (Å²) in [5.74, 6) is 1.49. The Morgan fingerprint density at radius 1 is 1.21 bits per heavy atom. The zero-order valence-electron chi connectivity index (χ0n) is 17.8. The van der Waals surface area contributed by atoms with Crippen LogP contribution in [0, 0.1) is 12.8 Å². The molecule has 156 valence electrons. The van der Waals surface area contributed by atoms with Crippen molar-refractivity contribution in [3.63, 3.8) is 0 Å². The standard InChI is InChI=1S/C22H37N5O/c1-4-23-22(24-15-19(3)16-26-11-13-28-14-12-26)25-20-9-10-27(17-20)21-7-5-18(2)6-8-21/h5-8,19-20H,4,9-17H2,1-3H3,(H2,23,24,25). The Morgan fingerprint density at radius 2 is 1.96 bits per heavy atom. The number of ether oxygens (including phenoxy) is 1. The van der Waals surface area contributed by atoms with E-state index in [9.17, 15) is 0 Å². The first-order chi connectivity index (χ1) is 13.6. The van der Waals surface area contributed by atoms with E-state index < -0.39 is 0 Å². The van der Waals surface area contributed by atoms with Gasteiger partial charge in [-0.1, -0.05) is 24.6 Å². The largest absolute Gasteiger partial charge is 0.379 e. The molecule has 0 aromatic heterocycles. The zero-order chi connectivity index (χ0) is 19.8. The summed E-state index contributed by atoms with van der Waals surface area (Å²) >= 11 is 0. The molecule has 0 amide bonds. The first-order valence-electron chi connectivity index (χ1n) is 10.8. The number of benzene rings is 1. The molecule has 0 radical (unpaired) electrons. The van der Waals surface area contributed by atoms with Gasteiger partial charge in [0.25, 0.3) is 0 Å². The second-order valence-corrected chi connectivity index (χ2v) is 8.15. The smallest absolute Gasteiger partial charge is 0.191 e. The number of hydrogen-bond acceptors (Lipinski definition) is 4. The summed E-state index contributed by atoms with van der Waals surface area (Å²) in [5.41, 5.74) is 2.63. The van der Waals surface area contributed by atoms with Gasteiger partial charge in [0, 0.05) is 57.5 Å². The molecule has 3 rings (SSSR count).